The second-order valence-corrected chi connectivity index (χ2v) is 5.97. The van der Waals surface area contributed by atoms with Crippen molar-refractivity contribution < 1.29 is 9.13 Å². The number of rotatable bonds is 3. The minimum Gasteiger partial charge on any atom is -0.493 e. The van der Waals surface area contributed by atoms with E-state index in [0.29, 0.717) is 18.6 Å². The number of para-hydroxylation sites is 1. The molecule has 0 radical (unpaired) electrons. The highest BCUT2D eigenvalue weighted by atomic mass is 79.9. The molecule has 2 unspecified atom stereocenters. The molecule has 0 aliphatic carbocycles. The summed E-state index contributed by atoms with van der Waals surface area (Å²) in [4.78, 5) is 0. The summed E-state index contributed by atoms with van der Waals surface area (Å²) in [7, 11) is 0. The standard InChI is InChI=1S/C16H15BrFNO/c17-11-5-6-14(18)10(7-11)8-15(19)13-9-20-16-4-2-1-3-12(13)16/h1-7,13,15H,8-9,19H2. The summed E-state index contributed by atoms with van der Waals surface area (Å²) in [6.45, 7) is 0.566. The molecule has 2 aromatic carbocycles. The van der Waals surface area contributed by atoms with Gasteiger partial charge in [0, 0.05) is 22.0 Å². The van der Waals surface area contributed by atoms with Gasteiger partial charge in [0.2, 0.25) is 0 Å². The van der Waals surface area contributed by atoms with Gasteiger partial charge in [-0.2, -0.15) is 0 Å². The third-order valence-corrected chi connectivity index (χ3v) is 4.21. The third kappa shape index (κ3) is 2.58. The topological polar surface area (TPSA) is 35.2 Å². The molecule has 0 amide bonds. The zero-order valence-corrected chi connectivity index (χ0v) is 12.4. The van der Waals surface area contributed by atoms with Gasteiger partial charge in [0.25, 0.3) is 0 Å². The normalized spacial score (nSPS) is 18.4. The number of halogens is 2. The Labute approximate surface area is 125 Å². The smallest absolute Gasteiger partial charge is 0.126 e. The predicted octanol–water partition coefficient (Wildman–Crippen LogP) is 3.63. The van der Waals surface area contributed by atoms with Crippen LogP contribution in [0.2, 0.25) is 0 Å². The second-order valence-electron chi connectivity index (χ2n) is 5.06. The van der Waals surface area contributed by atoms with Gasteiger partial charge in [-0.1, -0.05) is 34.1 Å². The van der Waals surface area contributed by atoms with E-state index < -0.39 is 0 Å². The van der Waals surface area contributed by atoms with E-state index in [1.807, 2.05) is 24.3 Å². The predicted molar refractivity (Wildman–Crippen MR) is 80.5 cm³/mol. The molecule has 1 heterocycles. The molecule has 1 aliphatic rings. The van der Waals surface area contributed by atoms with E-state index in [2.05, 4.69) is 15.9 Å². The zero-order valence-electron chi connectivity index (χ0n) is 10.9. The van der Waals surface area contributed by atoms with E-state index >= 15 is 0 Å². The molecule has 2 atom stereocenters. The lowest BCUT2D eigenvalue weighted by atomic mass is 9.89. The first-order chi connectivity index (χ1) is 9.65. The molecule has 0 spiro atoms. The summed E-state index contributed by atoms with van der Waals surface area (Å²) in [6, 6.07) is 12.7. The van der Waals surface area contributed by atoms with Crippen LogP contribution in [0.4, 0.5) is 4.39 Å². The Morgan fingerprint density at radius 3 is 2.95 bits per heavy atom. The summed E-state index contributed by atoms with van der Waals surface area (Å²) < 4.78 is 20.3. The van der Waals surface area contributed by atoms with Crippen molar-refractivity contribution >= 4 is 15.9 Å². The van der Waals surface area contributed by atoms with E-state index in [1.54, 1.807) is 12.1 Å². The zero-order chi connectivity index (χ0) is 14.1. The molecule has 4 heteroatoms. The fraction of sp³-hybridized carbons (Fsp3) is 0.250. The van der Waals surface area contributed by atoms with Crippen molar-refractivity contribution in [1.82, 2.24) is 0 Å². The van der Waals surface area contributed by atoms with Crippen LogP contribution in [0, 0.1) is 5.82 Å². The van der Waals surface area contributed by atoms with Crippen molar-refractivity contribution in [2.45, 2.75) is 18.4 Å². The van der Waals surface area contributed by atoms with Gasteiger partial charge in [0.05, 0.1) is 6.61 Å². The molecule has 0 saturated carbocycles. The minimum absolute atomic E-state index is 0.115. The molecule has 2 aromatic rings. The number of nitrogens with two attached hydrogens (primary N) is 1. The van der Waals surface area contributed by atoms with Crippen molar-refractivity contribution in [3.05, 3.63) is 63.9 Å². The van der Waals surface area contributed by atoms with Gasteiger partial charge >= 0.3 is 0 Å². The fourth-order valence-corrected chi connectivity index (χ4v) is 3.05. The van der Waals surface area contributed by atoms with Crippen molar-refractivity contribution in [2.24, 2.45) is 5.73 Å². The Balaban J connectivity index is 1.81. The van der Waals surface area contributed by atoms with E-state index in [-0.39, 0.29) is 17.8 Å². The van der Waals surface area contributed by atoms with Crippen LogP contribution in [0.3, 0.4) is 0 Å². The van der Waals surface area contributed by atoms with Crippen LogP contribution in [0.25, 0.3) is 0 Å². The number of hydrogen-bond donors (Lipinski definition) is 1. The van der Waals surface area contributed by atoms with Gasteiger partial charge in [-0.3, -0.25) is 0 Å². The summed E-state index contributed by atoms with van der Waals surface area (Å²) in [5.74, 6) is 0.795. The third-order valence-electron chi connectivity index (χ3n) is 3.72. The first-order valence-corrected chi connectivity index (χ1v) is 7.35. The van der Waals surface area contributed by atoms with Crippen LogP contribution >= 0.6 is 15.9 Å². The first kappa shape index (κ1) is 13.6. The maximum Gasteiger partial charge on any atom is 0.126 e. The highest BCUT2D eigenvalue weighted by molar-refractivity contribution is 9.10. The lowest BCUT2D eigenvalue weighted by Gasteiger charge is -2.18. The number of ether oxygens (including phenoxy) is 1. The maximum absolute atomic E-state index is 13.8. The van der Waals surface area contributed by atoms with Gasteiger partial charge in [0.15, 0.2) is 0 Å². The van der Waals surface area contributed by atoms with Gasteiger partial charge in [-0.05, 0) is 36.2 Å². The summed E-state index contributed by atoms with van der Waals surface area (Å²) >= 11 is 3.36. The second kappa shape index (κ2) is 5.54. The van der Waals surface area contributed by atoms with Gasteiger partial charge in [-0.25, -0.2) is 4.39 Å². The average molecular weight is 336 g/mol. The molecule has 104 valence electrons. The molecule has 1 aliphatic heterocycles. The number of hydrogen-bond acceptors (Lipinski definition) is 2. The van der Waals surface area contributed by atoms with Crippen molar-refractivity contribution in [1.29, 1.82) is 0 Å². The molecule has 0 saturated heterocycles. The molecule has 0 aromatic heterocycles. The highest BCUT2D eigenvalue weighted by Gasteiger charge is 2.29. The van der Waals surface area contributed by atoms with Crippen molar-refractivity contribution in [3.63, 3.8) is 0 Å². The maximum atomic E-state index is 13.8. The number of fused-ring (bicyclic) bond motifs is 1. The average Bonchev–Trinajstić information content (AvgIpc) is 2.87. The van der Waals surface area contributed by atoms with Gasteiger partial charge < -0.3 is 10.5 Å². The van der Waals surface area contributed by atoms with E-state index in [1.165, 1.54) is 6.07 Å². The van der Waals surface area contributed by atoms with E-state index in [4.69, 9.17) is 10.5 Å². The highest BCUT2D eigenvalue weighted by Crippen LogP contribution is 2.36. The first-order valence-electron chi connectivity index (χ1n) is 6.56. The SMILES string of the molecule is NC(Cc1cc(Br)ccc1F)C1COc2ccccc21. The Kier molecular flexibility index (Phi) is 3.76. The lowest BCUT2D eigenvalue weighted by molar-refractivity contribution is 0.312. The van der Waals surface area contributed by atoms with Crippen LogP contribution in [0.1, 0.15) is 17.0 Å². The van der Waals surface area contributed by atoms with Crippen LogP contribution in [0.5, 0.6) is 5.75 Å². The quantitative estimate of drug-likeness (QED) is 0.929. The van der Waals surface area contributed by atoms with Crippen LogP contribution in [-0.2, 0) is 6.42 Å². The Hall–Kier alpha value is -1.39. The largest absolute Gasteiger partial charge is 0.493 e. The van der Waals surface area contributed by atoms with Crippen LogP contribution in [0.15, 0.2) is 46.9 Å². The van der Waals surface area contributed by atoms with Crippen molar-refractivity contribution in [2.75, 3.05) is 6.61 Å². The lowest BCUT2D eigenvalue weighted by Crippen LogP contribution is -2.32. The summed E-state index contributed by atoms with van der Waals surface area (Å²) in [5, 5.41) is 0. The fourth-order valence-electron chi connectivity index (χ4n) is 2.64. The molecular formula is C16H15BrFNO. The Morgan fingerprint density at radius 2 is 2.10 bits per heavy atom. The molecular weight excluding hydrogens is 321 g/mol. The molecule has 3 rings (SSSR count). The van der Waals surface area contributed by atoms with Crippen molar-refractivity contribution in [3.8, 4) is 5.75 Å². The molecule has 0 bridgehead atoms. The molecule has 2 nitrogen and oxygen atoms in total. The number of benzene rings is 2. The van der Waals surface area contributed by atoms with E-state index in [0.717, 1.165) is 15.8 Å². The van der Waals surface area contributed by atoms with E-state index in [9.17, 15) is 4.39 Å². The minimum atomic E-state index is -0.212. The summed E-state index contributed by atoms with van der Waals surface area (Å²) in [6.07, 6.45) is 0.494. The monoisotopic (exact) mass is 335 g/mol. The molecule has 0 fully saturated rings. The summed E-state index contributed by atoms with van der Waals surface area (Å²) in [5.41, 5.74) is 8.04. The van der Waals surface area contributed by atoms with Gasteiger partial charge in [-0.15, -0.1) is 0 Å². The van der Waals surface area contributed by atoms with Crippen LogP contribution < -0.4 is 10.5 Å². The molecule has 2 N–H and O–H groups in total. The Bertz CT molecular complexity index is 632. The Morgan fingerprint density at radius 1 is 1.30 bits per heavy atom. The van der Waals surface area contributed by atoms with Gasteiger partial charge in [0.1, 0.15) is 11.6 Å². The molecule has 20 heavy (non-hydrogen) atoms. The van der Waals surface area contributed by atoms with Crippen LogP contribution in [-0.4, -0.2) is 12.6 Å².